The van der Waals surface area contributed by atoms with E-state index in [9.17, 15) is 9.90 Å². The van der Waals surface area contributed by atoms with Gasteiger partial charge in [-0.25, -0.2) is 4.79 Å². The summed E-state index contributed by atoms with van der Waals surface area (Å²) in [6.45, 7) is 7.02. The van der Waals surface area contributed by atoms with Crippen LogP contribution in [-0.2, 0) is 14.0 Å². The van der Waals surface area contributed by atoms with Crippen molar-refractivity contribution in [2.45, 2.75) is 67.7 Å². The summed E-state index contributed by atoms with van der Waals surface area (Å²) >= 11 is 1.29. The number of carboxylic acids is 1. The van der Waals surface area contributed by atoms with Gasteiger partial charge in [0.1, 0.15) is 0 Å². The molecule has 1 fully saturated rings. The SMILES string of the molecule is CC[Si](CC)(CC)OC1CCOC(Sc2ccccc2)(C(=O)O)C1. The Labute approximate surface area is 150 Å². The van der Waals surface area contributed by atoms with Crippen molar-refractivity contribution in [2.24, 2.45) is 0 Å². The predicted octanol–water partition coefficient (Wildman–Crippen LogP) is 4.76. The predicted molar refractivity (Wildman–Crippen MR) is 99.9 cm³/mol. The van der Waals surface area contributed by atoms with Gasteiger partial charge < -0.3 is 14.3 Å². The number of thioether (sulfide) groups is 1. The lowest BCUT2D eigenvalue weighted by Gasteiger charge is -2.41. The van der Waals surface area contributed by atoms with Crippen LogP contribution in [0.15, 0.2) is 35.2 Å². The maximum atomic E-state index is 12.0. The number of aliphatic carboxylic acids is 1. The molecule has 2 atom stereocenters. The molecule has 0 saturated carbocycles. The van der Waals surface area contributed by atoms with Crippen LogP contribution in [0.5, 0.6) is 0 Å². The van der Waals surface area contributed by atoms with E-state index in [1.807, 2.05) is 30.3 Å². The fourth-order valence-electron chi connectivity index (χ4n) is 3.21. The summed E-state index contributed by atoms with van der Waals surface area (Å²) < 4.78 is 12.3. The summed E-state index contributed by atoms with van der Waals surface area (Å²) in [7, 11) is -1.75. The molecule has 2 unspecified atom stereocenters. The Hall–Kier alpha value is -0.823. The summed E-state index contributed by atoms with van der Waals surface area (Å²) in [5.74, 6) is -0.915. The number of benzene rings is 1. The summed E-state index contributed by atoms with van der Waals surface area (Å²) in [5, 5.41) is 9.85. The zero-order valence-electron chi connectivity index (χ0n) is 14.8. The van der Waals surface area contributed by atoms with E-state index in [4.69, 9.17) is 9.16 Å². The molecule has 0 bridgehead atoms. The fraction of sp³-hybridized carbons (Fsp3) is 0.611. The largest absolute Gasteiger partial charge is 0.478 e. The molecule has 0 aromatic heterocycles. The fourth-order valence-corrected chi connectivity index (χ4v) is 7.29. The molecular formula is C18H28O4SSi. The highest BCUT2D eigenvalue weighted by molar-refractivity contribution is 8.01. The minimum Gasteiger partial charge on any atom is -0.478 e. The third-order valence-electron chi connectivity index (χ3n) is 4.97. The zero-order chi connectivity index (χ0) is 17.6. The topological polar surface area (TPSA) is 55.8 Å². The van der Waals surface area contributed by atoms with Crippen molar-refractivity contribution < 1.29 is 19.1 Å². The Kier molecular flexibility index (Phi) is 6.92. The first-order valence-corrected chi connectivity index (χ1v) is 12.1. The molecule has 0 aliphatic carbocycles. The van der Waals surface area contributed by atoms with E-state index >= 15 is 0 Å². The van der Waals surface area contributed by atoms with Crippen LogP contribution in [0.4, 0.5) is 0 Å². The first-order valence-electron chi connectivity index (χ1n) is 8.78. The third-order valence-corrected chi connectivity index (χ3v) is 11.0. The second-order valence-electron chi connectivity index (χ2n) is 6.30. The lowest BCUT2D eigenvalue weighted by atomic mass is 10.1. The highest BCUT2D eigenvalue weighted by atomic mass is 32.2. The monoisotopic (exact) mass is 368 g/mol. The van der Waals surface area contributed by atoms with Crippen LogP contribution < -0.4 is 0 Å². The van der Waals surface area contributed by atoms with Crippen molar-refractivity contribution in [3.63, 3.8) is 0 Å². The Morgan fingerprint density at radius 2 is 1.92 bits per heavy atom. The van der Waals surface area contributed by atoms with E-state index in [2.05, 4.69) is 20.8 Å². The average Bonchev–Trinajstić information content (AvgIpc) is 2.61. The smallest absolute Gasteiger partial charge is 0.347 e. The number of ether oxygens (including phenoxy) is 1. The molecule has 24 heavy (non-hydrogen) atoms. The minimum absolute atomic E-state index is 0.0300. The number of carbonyl (C=O) groups is 1. The number of hydrogen-bond acceptors (Lipinski definition) is 4. The molecule has 0 amide bonds. The standard InChI is InChI=1S/C18H28O4SSi/c1-4-24(5-2,6-3)22-15-12-13-21-18(14-15,17(19)20)23-16-10-8-7-9-11-16/h7-11,15H,4-6,12-14H2,1-3H3,(H,19,20). The molecule has 4 nitrogen and oxygen atoms in total. The Balaban J connectivity index is 2.17. The Bertz CT molecular complexity index is 527. The first kappa shape index (κ1) is 19.5. The lowest BCUT2D eigenvalue weighted by Crippen LogP contribution is -2.50. The zero-order valence-corrected chi connectivity index (χ0v) is 16.6. The molecule has 1 aromatic rings. The van der Waals surface area contributed by atoms with Crippen molar-refractivity contribution >= 4 is 26.0 Å². The third kappa shape index (κ3) is 4.42. The quantitative estimate of drug-likeness (QED) is 0.670. The molecular weight excluding hydrogens is 340 g/mol. The van der Waals surface area contributed by atoms with Gasteiger partial charge >= 0.3 is 5.97 Å². The van der Waals surface area contributed by atoms with Gasteiger partial charge in [-0.2, -0.15) is 0 Å². The number of carboxylic acid groups (broad SMARTS) is 1. The van der Waals surface area contributed by atoms with Crippen LogP contribution in [0.2, 0.25) is 18.1 Å². The van der Waals surface area contributed by atoms with Crippen LogP contribution in [0, 0.1) is 0 Å². The van der Waals surface area contributed by atoms with Crippen molar-refractivity contribution in [1.29, 1.82) is 0 Å². The summed E-state index contributed by atoms with van der Waals surface area (Å²) in [5.41, 5.74) is 0. The van der Waals surface area contributed by atoms with Crippen LogP contribution in [0.3, 0.4) is 0 Å². The van der Waals surface area contributed by atoms with E-state index in [1.165, 1.54) is 11.8 Å². The summed E-state index contributed by atoms with van der Waals surface area (Å²) in [6, 6.07) is 12.8. The maximum Gasteiger partial charge on any atom is 0.347 e. The van der Waals surface area contributed by atoms with Crippen LogP contribution in [0.1, 0.15) is 33.6 Å². The number of rotatable bonds is 8. The normalized spacial score (nSPS) is 24.7. The summed E-state index contributed by atoms with van der Waals surface area (Å²) in [4.78, 5) is 11.7. The Morgan fingerprint density at radius 3 is 2.46 bits per heavy atom. The highest BCUT2D eigenvalue weighted by Crippen LogP contribution is 2.42. The van der Waals surface area contributed by atoms with Crippen molar-refractivity contribution in [2.75, 3.05) is 6.61 Å². The second kappa shape index (κ2) is 8.51. The molecule has 2 rings (SSSR count). The van der Waals surface area contributed by atoms with Gasteiger partial charge in [-0.3, -0.25) is 0 Å². The molecule has 1 heterocycles. The molecule has 1 aromatic carbocycles. The molecule has 6 heteroatoms. The molecule has 0 spiro atoms. The minimum atomic E-state index is -1.75. The van der Waals surface area contributed by atoms with Crippen LogP contribution >= 0.6 is 11.8 Å². The lowest BCUT2D eigenvalue weighted by molar-refractivity contribution is -0.162. The van der Waals surface area contributed by atoms with E-state index < -0.39 is 19.2 Å². The molecule has 1 aliphatic heterocycles. The van der Waals surface area contributed by atoms with E-state index in [0.29, 0.717) is 13.0 Å². The van der Waals surface area contributed by atoms with E-state index in [-0.39, 0.29) is 6.10 Å². The van der Waals surface area contributed by atoms with Gasteiger partial charge in [-0.05, 0) is 36.7 Å². The van der Waals surface area contributed by atoms with Crippen molar-refractivity contribution in [3.8, 4) is 0 Å². The van der Waals surface area contributed by atoms with Gasteiger partial charge in [-0.1, -0.05) is 50.7 Å². The Morgan fingerprint density at radius 1 is 1.29 bits per heavy atom. The number of hydrogen-bond donors (Lipinski definition) is 1. The average molecular weight is 369 g/mol. The van der Waals surface area contributed by atoms with Crippen LogP contribution in [-0.4, -0.2) is 37.0 Å². The maximum absolute atomic E-state index is 12.0. The van der Waals surface area contributed by atoms with Crippen molar-refractivity contribution in [3.05, 3.63) is 30.3 Å². The highest BCUT2D eigenvalue weighted by Gasteiger charge is 2.47. The van der Waals surface area contributed by atoms with Crippen molar-refractivity contribution in [1.82, 2.24) is 0 Å². The second-order valence-corrected chi connectivity index (χ2v) is 12.4. The van der Waals surface area contributed by atoms with Gasteiger partial charge in [0.2, 0.25) is 4.93 Å². The van der Waals surface area contributed by atoms with Gasteiger partial charge in [0.25, 0.3) is 0 Å². The molecule has 0 radical (unpaired) electrons. The van der Waals surface area contributed by atoms with Gasteiger partial charge in [0, 0.05) is 11.3 Å². The molecule has 1 saturated heterocycles. The molecule has 1 aliphatic rings. The summed E-state index contributed by atoms with van der Waals surface area (Å²) in [6.07, 6.45) is 1.15. The first-order chi connectivity index (χ1) is 11.5. The van der Waals surface area contributed by atoms with Gasteiger partial charge in [0.15, 0.2) is 8.32 Å². The molecule has 134 valence electrons. The van der Waals surface area contributed by atoms with Gasteiger partial charge in [0.05, 0.1) is 12.7 Å². The van der Waals surface area contributed by atoms with Gasteiger partial charge in [-0.15, -0.1) is 0 Å². The van der Waals surface area contributed by atoms with Crippen LogP contribution in [0.25, 0.3) is 0 Å². The van der Waals surface area contributed by atoms with E-state index in [1.54, 1.807) is 0 Å². The van der Waals surface area contributed by atoms with E-state index in [0.717, 1.165) is 29.4 Å². The molecule has 1 N–H and O–H groups in total.